The summed E-state index contributed by atoms with van der Waals surface area (Å²) in [6.07, 6.45) is 0.638. The van der Waals surface area contributed by atoms with Crippen molar-refractivity contribution in [3.05, 3.63) is 24.3 Å². The van der Waals surface area contributed by atoms with E-state index < -0.39 is 9.84 Å². The van der Waals surface area contributed by atoms with E-state index >= 15 is 0 Å². The molecular formula is C12H18BrNO2S. The third-order valence-electron chi connectivity index (χ3n) is 2.50. The highest BCUT2D eigenvalue weighted by molar-refractivity contribution is 9.09. The zero-order valence-electron chi connectivity index (χ0n) is 10.2. The Kier molecular flexibility index (Phi) is 5.46. The van der Waals surface area contributed by atoms with Gasteiger partial charge in [0.05, 0.1) is 16.3 Å². The number of sulfone groups is 1. The van der Waals surface area contributed by atoms with Gasteiger partial charge in [-0.2, -0.15) is 0 Å². The second-order valence-corrected chi connectivity index (χ2v) is 6.77. The summed E-state index contributed by atoms with van der Waals surface area (Å²) >= 11 is 3.36. The van der Waals surface area contributed by atoms with Crippen molar-refractivity contribution >= 4 is 31.5 Å². The van der Waals surface area contributed by atoms with E-state index in [1.165, 1.54) is 0 Å². The molecule has 1 aromatic rings. The molecule has 0 bridgehead atoms. The minimum Gasteiger partial charge on any atom is -0.373 e. The maximum Gasteiger partial charge on any atom is 0.180 e. The van der Waals surface area contributed by atoms with Crippen LogP contribution in [0.25, 0.3) is 0 Å². The normalized spacial score (nSPS) is 11.5. The average molecular weight is 320 g/mol. The molecule has 0 unspecified atom stereocenters. The van der Waals surface area contributed by atoms with Crippen LogP contribution in [0.4, 0.5) is 5.69 Å². The van der Waals surface area contributed by atoms with Gasteiger partial charge >= 0.3 is 0 Å². The van der Waals surface area contributed by atoms with Crippen LogP contribution in [-0.4, -0.2) is 33.1 Å². The number of hydrogen-bond donors (Lipinski definition) is 0. The van der Waals surface area contributed by atoms with Crippen molar-refractivity contribution in [2.24, 2.45) is 0 Å². The standard InChI is InChI=1S/C12H18BrNO2S/c1-3-10-17(15,16)12-7-5-4-6-11(12)14(2)9-8-13/h4-7H,3,8-10H2,1-2H3. The summed E-state index contributed by atoms with van der Waals surface area (Å²) in [7, 11) is -1.26. The van der Waals surface area contributed by atoms with Crippen LogP contribution in [0.5, 0.6) is 0 Å². The predicted molar refractivity (Wildman–Crippen MR) is 75.8 cm³/mol. The number of rotatable bonds is 6. The summed E-state index contributed by atoms with van der Waals surface area (Å²) in [4.78, 5) is 2.39. The first kappa shape index (κ1) is 14.5. The Hall–Kier alpha value is -0.550. The quantitative estimate of drug-likeness (QED) is 0.756. The number of nitrogens with zero attached hydrogens (tertiary/aromatic N) is 1. The molecule has 0 fully saturated rings. The van der Waals surface area contributed by atoms with E-state index in [0.29, 0.717) is 11.3 Å². The maximum atomic E-state index is 12.1. The molecule has 0 aliphatic rings. The van der Waals surface area contributed by atoms with Gasteiger partial charge in [-0.15, -0.1) is 0 Å². The fourth-order valence-corrected chi connectivity index (χ4v) is 3.78. The van der Waals surface area contributed by atoms with E-state index in [9.17, 15) is 8.42 Å². The molecule has 0 aromatic heterocycles. The van der Waals surface area contributed by atoms with E-state index in [1.807, 2.05) is 31.0 Å². The van der Waals surface area contributed by atoms with E-state index in [0.717, 1.165) is 17.6 Å². The molecule has 3 nitrogen and oxygen atoms in total. The summed E-state index contributed by atoms with van der Waals surface area (Å²) < 4.78 is 24.2. The van der Waals surface area contributed by atoms with Crippen LogP contribution in [0, 0.1) is 0 Å². The third kappa shape index (κ3) is 3.71. The van der Waals surface area contributed by atoms with Crippen molar-refractivity contribution in [3.8, 4) is 0 Å². The van der Waals surface area contributed by atoms with Gasteiger partial charge < -0.3 is 4.90 Å². The summed E-state index contributed by atoms with van der Waals surface area (Å²) in [6, 6.07) is 7.18. The molecule has 0 saturated heterocycles. The van der Waals surface area contributed by atoms with Crippen LogP contribution in [0.3, 0.4) is 0 Å². The van der Waals surface area contributed by atoms with Crippen molar-refractivity contribution < 1.29 is 8.42 Å². The molecule has 17 heavy (non-hydrogen) atoms. The van der Waals surface area contributed by atoms with Crippen molar-refractivity contribution in [2.45, 2.75) is 18.2 Å². The Bertz CT molecular complexity index is 459. The minimum atomic E-state index is -3.16. The van der Waals surface area contributed by atoms with Crippen LogP contribution in [0.1, 0.15) is 13.3 Å². The molecule has 0 radical (unpaired) electrons. The lowest BCUT2D eigenvalue weighted by atomic mass is 10.3. The topological polar surface area (TPSA) is 37.4 Å². The van der Waals surface area contributed by atoms with Gasteiger partial charge in [-0.3, -0.25) is 0 Å². The lowest BCUT2D eigenvalue weighted by Crippen LogP contribution is -2.22. The number of anilines is 1. The molecule has 0 aliphatic heterocycles. The SMILES string of the molecule is CCCS(=O)(=O)c1ccccc1N(C)CCBr. The summed E-state index contributed by atoms with van der Waals surface area (Å²) in [6.45, 7) is 2.65. The Morgan fingerprint density at radius 3 is 2.53 bits per heavy atom. The van der Waals surface area contributed by atoms with Crippen LogP contribution in [0.2, 0.25) is 0 Å². The number of halogens is 1. The molecule has 0 saturated carbocycles. The van der Waals surface area contributed by atoms with Gasteiger partial charge in [0.2, 0.25) is 0 Å². The van der Waals surface area contributed by atoms with Crippen LogP contribution in [0.15, 0.2) is 29.2 Å². The fraction of sp³-hybridized carbons (Fsp3) is 0.500. The highest BCUT2D eigenvalue weighted by Crippen LogP contribution is 2.25. The van der Waals surface area contributed by atoms with Crippen LogP contribution < -0.4 is 4.90 Å². The first-order valence-corrected chi connectivity index (χ1v) is 8.39. The lowest BCUT2D eigenvalue weighted by molar-refractivity contribution is 0.594. The van der Waals surface area contributed by atoms with Crippen molar-refractivity contribution in [3.63, 3.8) is 0 Å². The van der Waals surface area contributed by atoms with E-state index in [1.54, 1.807) is 12.1 Å². The molecule has 1 aromatic carbocycles. The molecule has 96 valence electrons. The smallest absolute Gasteiger partial charge is 0.180 e. The molecule has 0 amide bonds. The van der Waals surface area contributed by atoms with Crippen molar-refractivity contribution in [1.82, 2.24) is 0 Å². The Morgan fingerprint density at radius 1 is 1.29 bits per heavy atom. The molecule has 0 N–H and O–H groups in total. The zero-order chi connectivity index (χ0) is 12.9. The Morgan fingerprint density at radius 2 is 1.94 bits per heavy atom. The van der Waals surface area contributed by atoms with E-state index in [-0.39, 0.29) is 5.75 Å². The second kappa shape index (κ2) is 6.40. The minimum absolute atomic E-state index is 0.201. The Labute approximate surface area is 112 Å². The van der Waals surface area contributed by atoms with Gasteiger partial charge in [-0.05, 0) is 18.6 Å². The summed E-state index contributed by atoms with van der Waals surface area (Å²) in [5.41, 5.74) is 0.778. The van der Waals surface area contributed by atoms with E-state index in [2.05, 4.69) is 15.9 Å². The molecule has 0 atom stereocenters. The molecule has 0 heterocycles. The summed E-state index contributed by atoms with van der Waals surface area (Å²) in [5.74, 6) is 0.201. The van der Waals surface area contributed by atoms with Crippen LogP contribution >= 0.6 is 15.9 Å². The van der Waals surface area contributed by atoms with Crippen LogP contribution in [-0.2, 0) is 9.84 Å². The van der Waals surface area contributed by atoms with Gasteiger partial charge in [0.25, 0.3) is 0 Å². The third-order valence-corrected chi connectivity index (χ3v) is 4.82. The monoisotopic (exact) mass is 319 g/mol. The van der Waals surface area contributed by atoms with E-state index in [4.69, 9.17) is 0 Å². The molecule has 5 heteroatoms. The molecule has 1 rings (SSSR count). The largest absolute Gasteiger partial charge is 0.373 e. The average Bonchev–Trinajstić information content (AvgIpc) is 2.29. The first-order chi connectivity index (χ1) is 8.03. The summed E-state index contributed by atoms with van der Waals surface area (Å²) in [5, 5.41) is 0.811. The highest BCUT2D eigenvalue weighted by atomic mass is 79.9. The van der Waals surface area contributed by atoms with Gasteiger partial charge in [-0.1, -0.05) is 35.0 Å². The number of para-hydroxylation sites is 1. The fourth-order valence-electron chi connectivity index (χ4n) is 1.66. The maximum absolute atomic E-state index is 12.1. The zero-order valence-corrected chi connectivity index (χ0v) is 12.6. The molecule has 0 spiro atoms. The number of hydrogen-bond acceptors (Lipinski definition) is 3. The van der Waals surface area contributed by atoms with Crippen molar-refractivity contribution in [1.29, 1.82) is 0 Å². The molecular weight excluding hydrogens is 302 g/mol. The lowest BCUT2D eigenvalue weighted by Gasteiger charge is -2.21. The predicted octanol–water partition coefficient (Wildman–Crippen LogP) is 2.70. The first-order valence-electron chi connectivity index (χ1n) is 5.61. The van der Waals surface area contributed by atoms with Gasteiger partial charge in [0.1, 0.15) is 0 Å². The van der Waals surface area contributed by atoms with Gasteiger partial charge in [-0.25, -0.2) is 8.42 Å². The van der Waals surface area contributed by atoms with Gasteiger partial charge in [0.15, 0.2) is 9.84 Å². The molecule has 0 aliphatic carbocycles. The number of alkyl halides is 1. The van der Waals surface area contributed by atoms with Crippen molar-refractivity contribution in [2.75, 3.05) is 29.6 Å². The van der Waals surface area contributed by atoms with Gasteiger partial charge in [0, 0.05) is 18.9 Å². The number of benzene rings is 1. The highest BCUT2D eigenvalue weighted by Gasteiger charge is 2.18. The second-order valence-electron chi connectivity index (χ2n) is 3.90. The Balaban J connectivity index is 3.16.